The van der Waals surface area contributed by atoms with Crippen molar-refractivity contribution in [1.29, 1.82) is 0 Å². The predicted octanol–water partition coefficient (Wildman–Crippen LogP) is 2.52. The molecule has 0 aromatic heterocycles. The zero-order valence-corrected chi connectivity index (χ0v) is 13.9. The molecule has 1 aliphatic heterocycles. The number of nitrogens with two attached hydrogens (primary N) is 1. The molecule has 1 saturated heterocycles. The number of piperazine rings is 1. The van der Waals surface area contributed by atoms with Crippen molar-refractivity contribution >= 4 is 0 Å². The van der Waals surface area contributed by atoms with Crippen LogP contribution in [0.1, 0.15) is 37.9 Å². The molecule has 2 N–H and O–H groups in total. The fourth-order valence-corrected chi connectivity index (χ4v) is 3.04. The normalized spacial score (nSPS) is 19.1. The lowest BCUT2D eigenvalue weighted by molar-refractivity contribution is 0.132. The molecule has 0 amide bonds. The van der Waals surface area contributed by atoms with Gasteiger partial charge in [-0.1, -0.05) is 45.0 Å². The van der Waals surface area contributed by atoms with Crippen molar-refractivity contribution in [2.45, 2.75) is 33.2 Å². The van der Waals surface area contributed by atoms with Gasteiger partial charge in [-0.3, -0.25) is 4.90 Å². The van der Waals surface area contributed by atoms with Gasteiger partial charge in [-0.2, -0.15) is 0 Å². The van der Waals surface area contributed by atoms with E-state index in [1.165, 1.54) is 24.2 Å². The van der Waals surface area contributed by atoms with Crippen LogP contribution >= 0.6 is 0 Å². The minimum atomic E-state index is 0.131. The Kier molecular flexibility index (Phi) is 6.22. The van der Waals surface area contributed by atoms with Gasteiger partial charge in [0, 0.05) is 38.8 Å². The number of hydrogen-bond donors (Lipinski definition) is 1. The number of benzene rings is 1. The lowest BCUT2D eigenvalue weighted by Crippen LogP contribution is -2.48. The number of likely N-dealkylation sites (N-methyl/N-ethyl adjacent to an activating group) is 1. The van der Waals surface area contributed by atoms with E-state index in [9.17, 15) is 0 Å². The lowest BCUT2D eigenvalue weighted by Gasteiger charge is -2.35. The number of hydrogen-bond acceptors (Lipinski definition) is 3. The fraction of sp³-hybridized carbons (Fsp3) is 0.667. The van der Waals surface area contributed by atoms with Gasteiger partial charge >= 0.3 is 0 Å². The van der Waals surface area contributed by atoms with E-state index in [1.54, 1.807) is 0 Å². The van der Waals surface area contributed by atoms with E-state index < -0.39 is 0 Å². The highest BCUT2D eigenvalue weighted by Crippen LogP contribution is 2.16. The van der Waals surface area contributed by atoms with E-state index in [-0.39, 0.29) is 6.04 Å². The molecule has 3 nitrogen and oxygen atoms in total. The molecule has 0 spiro atoms. The van der Waals surface area contributed by atoms with Gasteiger partial charge < -0.3 is 10.6 Å². The van der Waals surface area contributed by atoms with Gasteiger partial charge in [0.1, 0.15) is 0 Å². The summed E-state index contributed by atoms with van der Waals surface area (Å²) in [5, 5.41) is 0. The largest absolute Gasteiger partial charge is 0.323 e. The van der Waals surface area contributed by atoms with Gasteiger partial charge in [-0.05, 0) is 30.0 Å². The average Bonchev–Trinajstić information content (AvgIpc) is 2.48. The predicted molar refractivity (Wildman–Crippen MR) is 90.5 cm³/mol. The maximum Gasteiger partial charge on any atom is 0.0424 e. The Bertz CT molecular complexity index is 405. The van der Waals surface area contributed by atoms with Crippen LogP contribution in [0.2, 0.25) is 0 Å². The summed E-state index contributed by atoms with van der Waals surface area (Å²) in [5.41, 5.74) is 9.07. The summed E-state index contributed by atoms with van der Waals surface area (Å²) in [7, 11) is 0. The van der Waals surface area contributed by atoms with Gasteiger partial charge in [0.15, 0.2) is 0 Å². The molecule has 0 bridgehead atoms. The summed E-state index contributed by atoms with van der Waals surface area (Å²) in [6.07, 6.45) is 1.15. The van der Waals surface area contributed by atoms with Crippen LogP contribution < -0.4 is 5.73 Å². The summed E-state index contributed by atoms with van der Waals surface area (Å²) in [6, 6.07) is 9.04. The van der Waals surface area contributed by atoms with Crippen LogP contribution in [0.3, 0.4) is 0 Å². The summed E-state index contributed by atoms with van der Waals surface area (Å²) in [6.45, 7) is 13.5. The lowest BCUT2D eigenvalue weighted by atomic mass is 9.99. The first kappa shape index (κ1) is 16.5. The highest BCUT2D eigenvalue weighted by atomic mass is 15.3. The van der Waals surface area contributed by atoms with Gasteiger partial charge in [0.05, 0.1) is 0 Å². The molecule has 0 aliphatic carbocycles. The van der Waals surface area contributed by atoms with Crippen LogP contribution in [-0.2, 0) is 6.42 Å². The first-order chi connectivity index (χ1) is 10.1. The third kappa shape index (κ3) is 5.10. The highest BCUT2D eigenvalue weighted by molar-refractivity contribution is 5.25. The Morgan fingerprint density at radius 1 is 1.00 bits per heavy atom. The molecule has 1 aromatic carbocycles. The highest BCUT2D eigenvalue weighted by Gasteiger charge is 2.18. The molecule has 1 atom stereocenters. The van der Waals surface area contributed by atoms with Crippen LogP contribution in [0.15, 0.2) is 24.3 Å². The van der Waals surface area contributed by atoms with Gasteiger partial charge in [-0.15, -0.1) is 0 Å². The third-order valence-electron chi connectivity index (χ3n) is 4.42. The standard InChI is InChI=1S/C18H31N3/c1-4-20-9-11-21(12-10-20)14-18(19)17-7-5-16(6-8-17)13-15(2)3/h5-8,15,18H,4,9-14,19H2,1-3H3. The van der Waals surface area contributed by atoms with E-state index in [1.807, 2.05) is 0 Å². The Morgan fingerprint density at radius 2 is 1.57 bits per heavy atom. The minimum absolute atomic E-state index is 0.131. The Hall–Kier alpha value is -0.900. The first-order valence-electron chi connectivity index (χ1n) is 8.37. The van der Waals surface area contributed by atoms with E-state index >= 15 is 0 Å². The molecule has 1 aromatic rings. The molecule has 1 fully saturated rings. The monoisotopic (exact) mass is 289 g/mol. The SMILES string of the molecule is CCN1CCN(CC(N)c2ccc(CC(C)C)cc2)CC1. The van der Waals surface area contributed by atoms with Crippen molar-refractivity contribution in [1.82, 2.24) is 9.80 Å². The smallest absolute Gasteiger partial charge is 0.0424 e. The van der Waals surface area contributed by atoms with Crippen LogP contribution in [0, 0.1) is 5.92 Å². The summed E-state index contributed by atoms with van der Waals surface area (Å²) in [4.78, 5) is 5.00. The van der Waals surface area contributed by atoms with Crippen molar-refractivity contribution in [3.63, 3.8) is 0 Å². The van der Waals surface area contributed by atoms with Crippen molar-refractivity contribution in [2.24, 2.45) is 11.7 Å². The molecular formula is C18H31N3. The van der Waals surface area contributed by atoms with E-state index in [0.29, 0.717) is 5.92 Å². The summed E-state index contributed by atoms with van der Waals surface area (Å²) >= 11 is 0. The molecule has 21 heavy (non-hydrogen) atoms. The van der Waals surface area contributed by atoms with Crippen molar-refractivity contribution in [3.8, 4) is 0 Å². The van der Waals surface area contributed by atoms with Crippen LogP contribution in [0.5, 0.6) is 0 Å². The zero-order chi connectivity index (χ0) is 15.2. The maximum atomic E-state index is 6.39. The molecule has 1 heterocycles. The maximum absolute atomic E-state index is 6.39. The van der Waals surface area contributed by atoms with E-state index in [0.717, 1.165) is 32.6 Å². The van der Waals surface area contributed by atoms with E-state index in [4.69, 9.17) is 5.73 Å². The van der Waals surface area contributed by atoms with Crippen molar-refractivity contribution < 1.29 is 0 Å². The van der Waals surface area contributed by atoms with E-state index in [2.05, 4.69) is 54.8 Å². The molecule has 0 radical (unpaired) electrons. The van der Waals surface area contributed by atoms with Crippen LogP contribution in [-0.4, -0.2) is 49.1 Å². The fourth-order valence-electron chi connectivity index (χ4n) is 3.04. The van der Waals surface area contributed by atoms with Crippen LogP contribution in [0.4, 0.5) is 0 Å². The first-order valence-corrected chi connectivity index (χ1v) is 8.37. The van der Waals surface area contributed by atoms with Gasteiger partial charge in [0.2, 0.25) is 0 Å². The quantitative estimate of drug-likeness (QED) is 0.873. The summed E-state index contributed by atoms with van der Waals surface area (Å²) in [5.74, 6) is 0.708. The van der Waals surface area contributed by atoms with Crippen molar-refractivity contribution in [3.05, 3.63) is 35.4 Å². The molecule has 118 valence electrons. The topological polar surface area (TPSA) is 32.5 Å². The Balaban J connectivity index is 1.84. The van der Waals surface area contributed by atoms with Crippen LogP contribution in [0.25, 0.3) is 0 Å². The second-order valence-corrected chi connectivity index (χ2v) is 6.68. The molecule has 2 rings (SSSR count). The second-order valence-electron chi connectivity index (χ2n) is 6.68. The number of nitrogens with zero attached hydrogens (tertiary/aromatic N) is 2. The summed E-state index contributed by atoms with van der Waals surface area (Å²) < 4.78 is 0. The van der Waals surface area contributed by atoms with Gasteiger partial charge in [0.25, 0.3) is 0 Å². The molecule has 3 heteroatoms. The molecule has 1 aliphatic rings. The zero-order valence-electron chi connectivity index (χ0n) is 13.9. The molecule has 1 unspecified atom stereocenters. The van der Waals surface area contributed by atoms with Crippen molar-refractivity contribution in [2.75, 3.05) is 39.3 Å². The average molecular weight is 289 g/mol. The molecule has 0 saturated carbocycles. The Morgan fingerprint density at radius 3 is 2.10 bits per heavy atom. The number of rotatable bonds is 6. The molecular weight excluding hydrogens is 258 g/mol. The third-order valence-corrected chi connectivity index (χ3v) is 4.42. The Labute approximate surface area is 130 Å². The minimum Gasteiger partial charge on any atom is -0.323 e. The van der Waals surface area contributed by atoms with Gasteiger partial charge in [-0.25, -0.2) is 0 Å². The second kappa shape index (κ2) is 7.92.